The molecular weight excluding hydrogens is 486 g/mol. The molecule has 3 aromatic rings. The van der Waals surface area contributed by atoms with Crippen molar-refractivity contribution in [3.8, 4) is 5.75 Å². The van der Waals surface area contributed by atoms with Crippen LogP contribution < -0.4 is 15.4 Å². The Labute approximate surface area is 232 Å². The molecule has 0 bridgehead atoms. The van der Waals surface area contributed by atoms with Crippen molar-refractivity contribution in [1.82, 2.24) is 10.2 Å². The number of rotatable bonds is 11. The number of aryl methyl sites for hydroxylation is 1. The van der Waals surface area contributed by atoms with Crippen LogP contribution in [0.15, 0.2) is 78.9 Å². The number of hydrogen-bond acceptors (Lipinski definition) is 4. The van der Waals surface area contributed by atoms with Crippen LogP contribution in [0.2, 0.25) is 0 Å². The van der Waals surface area contributed by atoms with Crippen molar-refractivity contribution in [3.63, 3.8) is 0 Å². The summed E-state index contributed by atoms with van der Waals surface area (Å²) in [5.41, 5.74) is 4.53. The molecule has 6 nitrogen and oxygen atoms in total. The van der Waals surface area contributed by atoms with Crippen LogP contribution in [0.4, 0.5) is 5.69 Å². The van der Waals surface area contributed by atoms with Gasteiger partial charge in [0.15, 0.2) is 0 Å². The average Bonchev–Trinajstić information content (AvgIpc) is 2.94. The molecule has 2 N–H and O–H groups in total. The third-order valence-corrected chi connectivity index (χ3v) is 7.85. The second-order valence-corrected chi connectivity index (χ2v) is 11.0. The predicted octanol–water partition coefficient (Wildman–Crippen LogP) is 5.89. The van der Waals surface area contributed by atoms with Gasteiger partial charge in [0.05, 0.1) is 0 Å². The first-order valence-corrected chi connectivity index (χ1v) is 13.9. The largest absolute Gasteiger partial charge is 0.489 e. The summed E-state index contributed by atoms with van der Waals surface area (Å²) in [7, 11) is 4.33. The first-order valence-electron chi connectivity index (χ1n) is 13.9. The number of nitrogens with one attached hydrogen (secondary N) is 2. The molecule has 4 rings (SSSR count). The Bertz CT molecular complexity index is 1200. The number of hydrogen-bond donors (Lipinski definition) is 2. The minimum Gasteiger partial charge on any atom is -0.489 e. The minimum absolute atomic E-state index is 0.0595. The molecule has 39 heavy (non-hydrogen) atoms. The van der Waals surface area contributed by atoms with Gasteiger partial charge >= 0.3 is 0 Å². The van der Waals surface area contributed by atoms with Crippen LogP contribution in [0, 0.1) is 6.92 Å². The highest BCUT2D eigenvalue weighted by atomic mass is 16.5. The van der Waals surface area contributed by atoms with Gasteiger partial charge in [0, 0.05) is 30.1 Å². The van der Waals surface area contributed by atoms with Crippen LogP contribution >= 0.6 is 0 Å². The monoisotopic (exact) mass is 527 g/mol. The lowest BCUT2D eigenvalue weighted by Crippen LogP contribution is -2.52. The topological polar surface area (TPSA) is 70.7 Å². The summed E-state index contributed by atoms with van der Waals surface area (Å²) in [5.74, 6) is 0.507. The Balaban J connectivity index is 1.17. The maximum Gasteiger partial charge on any atom is 0.224 e. The van der Waals surface area contributed by atoms with E-state index in [1.165, 1.54) is 11.1 Å². The van der Waals surface area contributed by atoms with Gasteiger partial charge in [0.25, 0.3) is 0 Å². The van der Waals surface area contributed by atoms with Crippen molar-refractivity contribution in [2.24, 2.45) is 0 Å². The van der Waals surface area contributed by atoms with E-state index in [-0.39, 0.29) is 36.2 Å². The van der Waals surface area contributed by atoms with Crippen molar-refractivity contribution in [2.75, 3.05) is 19.4 Å². The van der Waals surface area contributed by atoms with Crippen LogP contribution in [-0.2, 0) is 22.6 Å². The van der Waals surface area contributed by atoms with Crippen molar-refractivity contribution < 1.29 is 14.3 Å². The first kappa shape index (κ1) is 28.4. The second-order valence-electron chi connectivity index (χ2n) is 11.0. The number of amides is 2. The SMILES string of the molecule is Cc1ccc(CC2(N(C)C)CCC(NC(=O)CCC(=O)Nc3ccc(OCc4ccccc4)cc3)CC2)cc1. The molecule has 1 saturated carbocycles. The van der Waals surface area contributed by atoms with Crippen molar-refractivity contribution in [1.29, 1.82) is 0 Å². The van der Waals surface area contributed by atoms with Gasteiger partial charge in [-0.05, 0) is 88.5 Å². The molecule has 0 heterocycles. The van der Waals surface area contributed by atoms with Gasteiger partial charge in [-0.25, -0.2) is 0 Å². The van der Waals surface area contributed by atoms with Crippen LogP contribution in [-0.4, -0.2) is 42.4 Å². The lowest BCUT2D eigenvalue weighted by molar-refractivity contribution is -0.125. The molecule has 0 aliphatic heterocycles. The highest BCUT2D eigenvalue weighted by Gasteiger charge is 2.37. The van der Waals surface area contributed by atoms with E-state index in [1.807, 2.05) is 54.6 Å². The van der Waals surface area contributed by atoms with E-state index in [4.69, 9.17) is 4.74 Å². The van der Waals surface area contributed by atoms with E-state index in [0.29, 0.717) is 12.3 Å². The maximum atomic E-state index is 12.6. The van der Waals surface area contributed by atoms with E-state index in [1.54, 1.807) is 0 Å². The Hall–Kier alpha value is -3.64. The third-order valence-electron chi connectivity index (χ3n) is 7.85. The van der Waals surface area contributed by atoms with Crippen molar-refractivity contribution in [3.05, 3.63) is 95.6 Å². The maximum absolute atomic E-state index is 12.6. The normalized spacial score (nSPS) is 18.9. The van der Waals surface area contributed by atoms with E-state index in [0.717, 1.165) is 43.4 Å². The average molecular weight is 528 g/mol. The fourth-order valence-corrected chi connectivity index (χ4v) is 5.29. The highest BCUT2D eigenvalue weighted by molar-refractivity contribution is 5.93. The summed E-state index contributed by atoms with van der Waals surface area (Å²) in [6.07, 6.45) is 5.31. The molecule has 0 radical (unpaired) electrons. The van der Waals surface area contributed by atoms with Gasteiger partial charge in [-0.1, -0.05) is 60.2 Å². The van der Waals surface area contributed by atoms with Crippen molar-refractivity contribution >= 4 is 17.5 Å². The number of nitrogens with zero attached hydrogens (tertiary/aromatic N) is 1. The minimum atomic E-state index is -0.170. The zero-order valence-electron chi connectivity index (χ0n) is 23.4. The van der Waals surface area contributed by atoms with Crippen LogP contribution in [0.1, 0.15) is 55.2 Å². The van der Waals surface area contributed by atoms with E-state index >= 15 is 0 Å². The zero-order valence-corrected chi connectivity index (χ0v) is 23.4. The van der Waals surface area contributed by atoms with E-state index in [9.17, 15) is 9.59 Å². The molecular formula is C33H41N3O3. The molecule has 6 heteroatoms. The number of carbonyl (C=O) groups excluding carboxylic acids is 2. The van der Waals surface area contributed by atoms with Crippen LogP contribution in [0.3, 0.4) is 0 Å². The third kappa shape index (κ3) is 8.42. The molecule has 0 spiro atoms. The lowest BCUT2D eigenvalue weighted by atomic mass is 9.74. The van der Waals surface area contributed by atoms with Gasteiger partial charge in [-0.15, -0.1) is 0 Å². The Kier molecular flexibility index (Phi) is 9.77. The molecule has 3 aromatic carbocycles. The Morgan fingerprint density at radius 3 is 2.13 bits per heavy atom. The number of anilines is 1. The highest BCUT2D eigenvalue weighted by Crippen LogP contribution is 2.35. The van der Waals surface area contributed by atoms with Gasteiger partial charge < -0.3 is 20.3 Å². The van der Waals surface area contributed by atoms with Crippen LogP contribution in [0.25, 0.3) is 0 Å². The summed E-state index contributed by atoms with van der Waals surface area (Å²) < 4.78 is 5.79. The molecule has 0 unspecified atom stereocenters. The number of ether oxygens (including phenoxy) is 1. The van der Waals surface area contributed by atoms with Gasteiger partial charge in [0.1, 0.15) is 12.4 Å². The van der Waals surface area contributed by atoms with Crippen LogP contribution in [0.5, 0.6) is 5.75 Å². The summed E-state index contributed by atoms with van der Waals surface area (Å²) in [4.78, 5) is 27.4. The summed E-state index contributed by atoms with van der Waals surface area (Å²) >= 11 is 0. The first-order chi connectivity index (χ1) is 18.8. The molecule has 1 aliphatic carbocycles. The standard InChI is InChI=1S/C33H41N3O3/c1-25-9-11-26(12-10-25)23-33(36(2)3)21-19-29(20-22-33)35-32(38)18-17-31(37)34-28-13-15-30(16-14-28)39-24-27-7-5-4-6-8-27/h4-16,29H,17-24H2,1-3H3,(H,34,37)(H,35,38). The molecule has 0 saturated heterocycles. The van der Waals surface area contributed by atoms with Gasteiger partial charge in [-0.3, -0.25) is 9.59 Å². The smallest absolute Gasteiger partial charge is 0.224 e. The Morgan fingerprint density at radius 1 is 0.846 bits per heavy atom. The lowest BCUT2D eigenvalue weighted by Gasteiger charge is -2.45. The van der Waals surface area contributed by atoms with Gasteiger partial charge in [-0.2, -0.15) is 0 Å². The summed E-state index contributed by atoms with van der Waals surface area (Å²) in [6, 6.07) is 26.2. The molecule has 2 amide bonds. The second kappa shape index (κ2) is 13.4. The quantitative estimate of drug-likeness (QED) is 0.326. The Morgan fingerprint density at radius 2 is 1.49 bits per heavy atom. The molecule has 1 fully saturated rings. The fourth-order valence-electron chi connectivity index (χ4n) is 5.29. The number of likely N-dealkylation sites (N-methyl/N-ethyl adjacent to an activating group) is 1. The molecule has 1 aliphatic rings. The van der Waals surface area contributed by atoms with Crippen molar-refractivity contribution in [2.45, 2.75) is 70.1 Å². The fraction of sp³-hybridized carbons (Fsp3) is 0.394. The van der Waals surface area contributed by atoms with E-state index in [2.05, 4.69) is 60.8 Å². The zero-order chi connectivity index (χ0) is 27.7. The summed E-state index contributed by atoms with van der Waals surface area (Å²) in [6.45, 7) is 2.61. The van der Waals surface area contributed by atoms with E-state index < -0.39 is 0 Å². The molecule has 0 atom stereocenters. The number of benzene rings is 3. The molecule has 206 valence electrons. The number of carbonyl (C=O) groups is 2. The van der Waals surface area contributed by atoms with Gasteiger partial charge in [0.2, 0.25) is 11.8 Å². The predicted molar refractivity (Wildman–Crippen MR) is 157 cm³/mol. The summed E-state index contributed by atoms with van der Waals surface area (Å²) in [5, 5.41) is 6.04. The molecule has 0 aromatic heterocycles.